The van der Waals surface area contributed by atoms with Crippen molar-refractivity contribution >= 4 is 17.6 Å². The van der Waals surface area contributed by atoms with Crippen LogP contribution in [0.3, 0.4) is 0 Å². The molecule has 0 aliphatic carbocycles. The van der Waals surface area contributed by atoms with E-state index in [-0.39, 0.29) is 28.2 Å². The first-order valence-corrected chi connectivity index (χ1v) is 6.46. The first-order valence-electron chi connectivity index (χ1n) is 6.08. The van der Waals surface area contributed by atoms with E-state index in [2.05, 4.69) is 15.0 Å². The number of ether oxygens (including phenoxy) is 1. The molecule has 1 aromatic carbocycles. The Hall–Kier alpha value is -2.28. The van der Waals surface area contributed by atoms with Crippen molar-refractivity contribution in [2.45, 2.75) is 13.3 Å². The lowest BCUT2D eigenvalue weighted by molar-refractivity contribution is 0.0696. The molecule has 6 nitrogen and oxygen atoms in total. The quantitative estimate of drug-likeness (QED) is 0.914. The van der Waals surface area contributed by atoms with E-state index in [9.17, 15) is 9.18 Å². The summed E-state index contributed by atoms with van der Waals surface area (Å²) in [5.74, 6) is -1.92. The number of aromatic nitrogens is 3. The maximum Gasteiger partial charge on any atom is 0.335 e. The maximum atomic E-state index is 13.5. The summed E-state index contributed by atoms with van der Waals surface area (Å²) in [6.45, 7) is 2.30. The van der Waals surface area contributed by atoms with Crippen molar-refractivity contribution in [1.29, 1.82) is 0 Å². The molecule has 1 N–H and O–H groups in total. The summed E-state index contributed by atoms with van der Waals surface area (Å²) in [7, 11) is 0. The van der Waals surface area contributed by atoms with E-state index in [0.717, 1.165) is 18.6 Å². The Kier molecular flexibility index (Phi) is 4.64. The molecule has 0 radical (unpaired) electrons. The van der Waals surface area contributed by atoms with E-state index in [1.54, 1.807) is 0 Å². The largest absolute Gasteiger partial charge is 0.478 e. The van der Waals surface area contributed by atoms with Gasteiger partial charge in [0.2, 0.25) is 5.28 Å². The van der Waals surface area contributed by atoms with Gasteiger partial charge in [-0.1, -0.05) is 6.92 Å². The van der Waals surface area contributed by atoms with Gasteiger partial charge in [0.05, 0.1) is 12.2 Å². The van der Waals surface area contributed by atoms with Crippen LogP contribution in [0.25, 0.3) is 11.4 Å². The number of benzene rings is 1. The average Bonchev–Trinajstić information content (AvgIpc) is 2.43. The Bertz CT molecular complexity index is 682. The Morgan fingerprint density at radius 1 is 1.33 bits per heavy atom. The third-order valence-corrected chi connectivity index (χ3v) is 2.59. The van der Waals surface area contributed by atoms with Gasteiger partial charge in [0.1, 0.15) is 5.82 Å². The fourth-order valence-corrected chi connectivity index (χ4v) is 1.71. The summed E-state index contributed by atoms with van der Waals surface area (Å²) in [5.41, 5.74) is -0.0318. The Morgan fingerprint density at radius 2 is 2.10 bits per heavy atom. The highest BCUT2D eigenvalue weighted by Gasteiger charge is 2.13. The highest BCUT2D eigenvalue weighted by Crippen LogP contribution is 2.21. The first-order chi connectivity index (χ1) is 9.99. The third-order valence-electron chi connectivity index (χ3n) is 2.43. The smallest absolute Gasteiger partial charge is 0.335 e. The van der Waals surface area contributed by atoms with Gasteiger partial charge < -0.3 is 9.84 Å². The molecule has 0 aliphatic rings. The number of hydrogen-bond acceptors (Lipinski definition) is 5. The molecular formula is C13H11ClFN3O3. The van der Waals surface area contributed by atoms with Crippen LogP contribution >= 0.6 is 11.6 Å². The number of carboxylic acid groups (broad SMARTS) is 1. The van der Waals surface area contributed by atoms with Gasteiger partial charge in [-0.25, -0.2) is 9.18 Å². The zero-order chi connectivity index (χ0) is 15.4. The van der Waals surface area contributed by atoms with Crippen molar-refractivity contribution in [1.82, 2.24) is 15.0 Å². The topological polar surface area (TPSA) is 85.2 Å². The molecule has 0 amide bonds. The van der Waals surface area contributed by atoms with Crippen LogP contribution in [0.5, 0.6) is 6.01 Å². The summed E-state index contributed by atoms with van der Waals surface area (Å²) < 4.78 is 18.7. The average molecular weight is 312 g/mol. The fourth-order valence-electron chi connectivity index (χ4n) is 1.56. The summed E-state index contributed by atoms with van der Waals surface area (Å²) in [5, 5.41) is 8.82. The molecule has 2 aromatic rings. The Labute approximate surface area is 124 Å². The van der Waals surface area contributed by atoms with Crippen molar-refractivity contribution in [3.05, 3.63) is 34.9 Å². The van der Waals surface area contributed by atoms with E-state index < -0.39 is 11.8 Å². The van der Waals surface area contributed by atoms with Crippen molar-refractivity contribution in [2.75, 3.05) is 6.61 Å². The number of carboxylic acids is 1. The molecule has 0 spiro atoms. The van der Waals surface area contributed by atoms with Crippen LogP contribution in [0, 0.1) is 5.82 Å². The number of hydrogen-bond donors (Lipinski definition) is 1. The molecule has 1 aromatic heterocycles. The van der Waals surface area contributed by atoms with Crippen LogP contribution in [-0.2, 0) is 0 Å². The van der Waals surface area contributed by atoms with Gasteiger partial charge in [-0.15, -0.1) is 0 Å². The van der Waals surface area contributed by atoms with Crippen LogP contribution in [0.15, 0.2) is 18.2 Å². The van der Waals surface area contributed by atoms with Gasteiger partial charge in [-0.2, -0.15) is 15.0 Å². The first kappa shape index (κ1) is 15.1. The minimum absolute atomic E-state index is 0.00739. The van der Waals surface area contributed by atoms with Gasteiger partial charge in [0, 0.05) is 5.56 Å². The zero-order valence-corrected chi connectivity index (χ0v) is 11.8. The number of rotatable bonds is 5. The molecule has 1 heterocycles. The van der Waals surface area contributed by atoms with Crippen molar-refractivity contribution < 1.29 is 19.0 Å². The van der Waals surface area contributed by atoms with Crippen LogP contribution in [0.1, 0.15) is 23.7 Å². The SMILES string of the molecule is CCCOc1nc(Cl)nc(-c2cc(F)cc(C(=O)O)c2)n1. The fraction of sp³-hybridized carbons (Fsp3) is 0.231. The van der Waals surface area contributed by atoms with Crippen LogP contribution in [0.4, 0.5) is 4.39 Å². The monoisotopic (exact) mass is 311 g/mol. The minimum Gasteiger partial charge on any atom is -0.478 e. The molecule has 0 aliphatic heterocycles. The molecule has 2 rings (SSSR count). The van der Waals surface area contributed by atoms with Gasteiger partial charge in [0.15, 0.2) is 5.82 Å². The molecule has 21 heavy (non-hydrogen) atoms. The molecule has 110 valence electrons. The van der Waals surface area contributed by atoms with Gasteiger partial charge in [-0.05, 0) is 36.2 Å². The Morgan fingerprint density at radius 3 is 2.76 bits per heavy atom. The van der Waals surface area contributed by atoms with Crippen molar-refractivity contribution in [2.24, 2.45) is 0 Å². The second-order valence-corrected chi connectivity index (χ2v) is 4.43. The maximum absolute atomic E-state index is 13.5. The van der Waals surface area contributed by atoms with Gasteiger partial charge >= 0.3 is 12.0 Å². The summed E-state index contributed by atoms with van der Waals surface area (Å²) in [6.07, 6.45) is 0.752. The van der Waals surface area contributed by atoms with Crippen LogP contribution in [0.2, 0.25) is 5.28 Å². The van der Waals surface area contributed by atoms with Crippen LogP contribution in [-0.4, -0.2) is 32.6 Å². The minimum atomic E-state index is -1.25. The molecule has 8 heteroatoms. The molecule has 0 bridgehead atoms. The molecule has 0 unspecified atom stereocenters. The van der Waals surface area contributed by atoms with Crippen molar-refractivity contribution in [3.63, 3.8) is 0 Å². The number of nitrogens with zero attached hydrogens (tertiary/aromatic N) is 3. The third kappa shape index (κ3) is 3.85. The molecule has 0 atom stereocenters. The highest BCUT2D eigenvalue weighted by molar-refractivity contribution is 6.28. The highest BCUT2D eigenvalue weighted by atomic mass is 35.5. The predicted molar refractivity (Wildman–Crippen MR) is 73.0 cm³/mol. The summed E-state index contributed by atoms with van der Waals surface area (Å²) >= 11 is 5.77. The van der Waals surface area contributed by atoms with Gasteiger partial charge in [-0.3, -0.25) is 0 Å². The molecule has 0 saturated carbocycles. The molecule has 0 fully saturated rings. The van der Waals surface area contributed by atoms with Crippen molar-refractivity contribution in [3.8, 4) is 17.4 Å². The lowest BCUT2D eigenvalue weighted by Gasteiger charge is -2.06. The van der Waals surface area contributed by atoms with E-state index >= 15 is 0 Å². The number of aromatic carboxylic acids is 1. The van der Waals surface area contributed by atoms with Gasteiger partial charge in [0.25, 0.3) is 0 Å². The molecule has 0 saturated heterocycles. The van der Waals surface area contributed by atoms with E-state index in [1.807, 2.05) is 6.92 Å². The normalized spacial score (nSPS) is 10.4. The second kappa shape index (κ2) is 6.45. The van der Waals surface area contributed by atoms with E-state index in [4.69, 9.17) is 21.4 Å². The standard InChI is InChI=1S/C13H11ClFN3O3/c1-2-3-21-13-17-10(16-12(14)18-13)7-4-8(11(19)20)6-9(15)5-7/h4-6H,2-3H2,1H3,(H,19,20). The summed E-state index contributed by atoms with van der Waals surface area (Å²) in [6, 6.07) is 3.28. The predicted octanol–water partition coefficient (Wildman–Crippen LogP) is 2.82. The summed E-state index contributed by atoms with van der Waals surface area (Å²) in [4.78, 5) is 22.6. The number of halogens is 2. The van der Waals surface area contributed by atoms with E-state index in [0.29, 0.717) is 6.61 Å². The van der Waals surface area contributed by atoms with E-state index in [1.165, 1.54) is 6.07 Å². The lowest BCUT2D eigenvalue weighted by atomic mass is 10.1. The molecular weight excluding hydrogens is 301 g/mol. The zero-order valence-electron chi connectivity index (χ0n) is 11.0. The van der Waals surface area contributed by atoms with Crippen LogP contribution < -0.4 is 4.74 Å². The lowest BCUT2D eigenvalue weighted by Crippen LogP contribution is -2.04. The number of carbonyl (C=O) groups is 1. The Balaban J connectivity index is 2.45. The second-order valence-electron chi connectivity index (χ2n) is 4.09.